The van der Waals surface area contributed by atoms with E-state index in [-0.39, 0.29) is 0 Å². The Morgan fingerprint density at radius 1 is 0.923 bits per heavy atom. The third-order valence-corrected chi connectivity index (χ3v) is 2.61. The van der Waals surface area contributed by atoms with Gasteiger partial charge in [-0.2, -0.15) is 0 Å². The van der Waals surface area contributed by atoms with Crippen LogP contribution in [0.3, 0.4) is 0 Å². The highest BCUT2D eigenvalue weighted by Crippen LogP contribution is 2.22. The summed E-state index contributed by atoms with van der Waals surface area (Å²) in [6.07, 6.45) is 1.11. The molecule has 0 aromatic heterocycles. The van der Waals surface area contributed by atoms with Gasteiger partial charge in [0.2, 0.25) is 0 Å². The molecular formula is C13H14. The van der Waals surface area contributed by atoms with Crippen molar-refractivity contribution in [3.63, 3.8) is 0 Å². The Hall–Kier alpha value is -1.30. The molecule has 2 rings (SSSR count). The fraction of sp³-hybridized carbons (Fsp3) is 0.231. The lowest BCUT2D eigenvalue weighted by Gasteiger charge is -2.06. The van der Waals surface area contributed by atoms with Crippen LogP contribution in [0.4, 0.5) is 0 Å². The predicted molar refractivity (Wildman–Crippen MR) is 58.1 cm³/mol. The molecule has 0 atom stereocenters. The SMILES string of the molecule is CCc1ccc(C)c2ccccc12. The number of benzene rings is 2. The van der Waals surface area contributed by atoms with Crippen molar-refractivity contribution >= 4 is 10.8 Å². The fourth-order valence-electron chi connectivity index (χ4n) is 1.82. The van der Waals surface area contributed by atoms with Gasteiger partial charge >= 0.3 is 0 Å². The van der Waals surface area contributed by atoms with Crippen LogP contribution >= 0.6 is 0 Å². The molecule has 0 N–H and O–H groups in total. The molecular weight excluding hydrogens is 156 g/mol. The van der Waals surface area contributed by atoms with Gasteiger partial charge < -0.3 is 0 Å². The monoisotopic (exact) mass is 170 g/mol. The molecule has 13 heavy (non-hydrogen) atoms. The summed E-state index contributed by atoms with van der Waals surface area (Å²) >= 11 is 0. The minimum atomic E-state index is 1.11. The van der Waals surface area contributed by atoms with Gasteiger partial charge in [-0.15, -0.1) is 0 Å². The molecule has 0 saturated heterocycles. The van der Waals surface area contributed by atoms with E-state index in [1.165, 1.54) is 21.9 Å². The summed E-state index contributed by atoms with van der Waals surface area (Å²) in [4.78, 5) is 0. The molecule has 0 radical (unpaired) electrons. The lowest BCUT2D eigenvalue weighted by Crippen LogP contribution is -1.85. The predicted octanol–water partition coefficient (Wildman–Crippen LogP) is 3.71. The van der Waals surface area contributed by atoms with Crippen molar-refractivity contribution in [3.05, 3.63) is 47.5 Å². The van der Waals surface area contributed by atoms with E-state index in [0.29, 0.717) is 0 Å². The smallest absolute Gasteiger partial charge is 0.0149 e. The zero-order chi connectivity index (χ0) is 9.26. The maximum absolute atomic E-state index is 2.23. The zero-order valence-corrected chi connectivity index (χ0v) is 8.17. The molecule has 0 saturated carbocycles. The van der Waals surface area contributed by atoms with Gasteiger partial charge in [-0.25, -0.2) is 0 Å². The molecule has 0 heteroatoms. The number of hydrogen-bond donors (Lipinski definition) is 0. The Morgan fingerprint density at radius 2 is 1.62 bits per heavy atom. The minimum absolute atomic E-state index is 1.11. The van der Waals surface area contributed by atoms with Crippen LogP contribution < -0.4 is 0 Å². The number of rotatable bonds is 1. The van der Waals surface area contributed by atoms with Crippen molar-refractivity contribution in [2.45, 2.75) is 20.3 Å². The van der Waals surface area contributed by atoms with Gasteiger partial charge in [0.15, 0.2) is 0 Å². The van der Waals surface area contributed by atoms with Crippen molar-refractivity contribution in [2.75, 3.05) is 0 Å². The molecule has 2 aromatic rings. The highest BCUT2D eigenvalue weighted by molar-refractivity contribution is 5.88. The van der Waals surface area contributed by atoms with Gasteiger partial charge in [0.05, 0.1) is 0 Å². The lowest BCUT2D eigenvalue weighted by molar-refractivity contribution is 1.16. The van der Waals surface area contributed by atoms with Crippen molar-refractivity contribution in [1.82, 2.24) is 0 Å². The molecule has 0 heterocycles. The minimum Gasteiger partial charge on any atom is -0.0616 e. The van der Waals surface area contributed by atoms with E-state index in [2.05, 4.69) is 50.2 Å². The first-order valence-corrected chi connectivity index (χ1v) is 4.80. The van der Waals surface area contributed by atoms with Gasteiger partial charge in [-0.05, 0) is 35.2 Å². The Balaban J connectivity index is 2.84. The van der Waals surface area contributed by atoms with Crippen LogP contribution in [-0.4, -0.2) is 0 Å². The van der Waals surface area contributed by atoms with Crippen LogP contribution in [0.2, 0.25) is 0 Å². The van der Waals surface area contributed by atoms with Gasteiger partial charge in [0, 0.05) is 0 Å². The Labute approximate surface area is 79.2 Å². The van der Waals surface area contributed by atoms with Crippen molar-refractivity contribution in [3.8, 4) is 0 Å². The summed E-state index contributed by atoms with van der Waals surface area (Å²) in [6.45, 7) is 4.37. The Bertz CT molecular complexity index is 427. The van der Waals surface area contributed by atoms with Crippen LogP contribution in [0.25, 0.3) is 10.8 Å². The third-order valence-electron chi connectivity index (χ3n) is 2.61. The highest BCUT2D eigenvalue weighted by atomic mass is 14.0. The standard InChI is InChI=1S/C13H14/c1-3-11-9-8-10(2)12-6-4-5-7-13(11)12/h4-9H,3H2,1-2H3. The number of aryl methyl sites for hydroxylation is 2. The zero-order valence-electron chi connectivity index (χ0n) is 8.17. The summed E-state index contributed by atoms with van der Waals surface area (Å²) in [5, 5.41) is 2.80. The first-order valence-electron chi connectivity index (χ1n) is 4.80. The van der Waals surface area contributed by atoms with E-state index < -0.39 is 0 Å². The van der Waals surface area contributed by atoms with Crippen LogP contribution in [0.1, 0.15) is 18.1 Å². The van der Waals surface area contributed by atoms with E-state index >= 15 is 0 Å². The van der Waals surface area contributed by atoms with E-state index in [4.69, 9.17) is 0 Å². The summed E-state index contributed by atoms with van der Waals surface area (Å²) in [6, 6.07) is 13.1. The van der Waals surface area contributed by atoms with Crippen LogP contribution in [0.5, 0.6) is 0 Å². The largest absolute Gasteiger partial charge is 0.0616 e. The summed E-state index contributed by atoms with van der Waals surface area (Å²) < 4.78 is 0. The molecule has 2 aromatic carbocycles. The molecule has 0 bridgehead atoms. The molecule has 0 unspecified atom stereocenters. The van der Waals surface area contributed by atoms with Crippen molar-refractivity contribution in [2.24, 2.45) is 0 Å². The third kappa shape index (κ3) is 1.33. The molecule has 0 spiro atoms. The normalized spacial score (nSPS) is 10.6. The van der Waals surface area contributed by atoms with Gasteiger partial charge in [-0.1, -0.05) is 43.3 Å². The molecule has 0 fully saturated rings. The highest BCUT2D eigenvalue weighted by Gasteiger charge is 1.99. The molecule has 0 aliphatic carbocycles. The first kappa shape index (κ1) is 8.31. The maximum Gasteiger partial charge on any atom is -0.0149 e. The summed E-state index contributed by atoms with van der Waals surface area (Å²) in [5.41, 5.74) is 2.81. The van der Waals surface area contributed by atoms with E-state index in [1.807, 2.05) is 0 Å². The average Bonchev–Trinajstić information content (AvgIpc) is 2.19. The fourth-order valence-corrected chi connectivity index (χ4v) is 1.82. The number of fused-ring (bicyclic) bond motifs is 1. The van der Waals surface area contributed by atoms with Gasteiger partial charge in [0.1, 0.15) is 0 Å². The quantitative estimate of drug-likeness (QED) is 0.612. The second-order valence-corrected chi connectivity index (χ2v) is 3.44. The molecule has 0 nitrogen and oxygen atoms in total. The molecule has 0 aliphatic rings. The van der Waals surface area contributed by atoms with Crippen molar-refractivity contribution in [1.29, 1.82) is 0 Å². The van der Waals surface area contributed by atoms with E-state index in [1.54, 1.807) is 0 Å². The average molecular weight is 170 g/mol. The van der Waals surface area contributed by atoms with Crippen LogP contribution in [-0.2, 0) is 6.42 Å². The lowest BCUT2D eigenvalue weighted by atomic mass is 9.99. The topological polar surface area (TPSA) is 0 Å². The second kappa shape index (κ2) is 3.21. The Kier molecular flexibility index (Phi) is 2.05. The molecule has 0 aliphatic heterocycles. The first-order chi connectivity index (χ1) is 6.33. The van der Waals surface area contributed by atoms with Crippen molar-refractivity contribution < 1.29 is 0 Å². The van der Waals surface area contributed by atoms with E-state index in [9.17, 15) is 0 Å². The molecule has 0 amide bonds. The van der Waals surface area contributed by atoms with Crippen LogP contribution in [0, 0.1) is 6.92 Å². The maximum atomic E-state index is 2.23. The van der Waals surface area contributed by atoms with Gasteiger partial charge in [0.25, 0.3) is 0 Å². The Morgan fingerprint density at radius 3 is 2.31 bits per heavy atom. The summed E-state index contributed by atoms with van der Waals surface area (Å²) in [5.74, 6) is 0. The summed E-state index contributed by atoms with van der Waals surface area (Å²) in [7, 11) is 0. The van der Waals surface area contributed by atoms with E-state index in [0.717, 1.165) is 6.42 Å². The second-order valence-electron chi connectivity index (χ2n) is 3.44. The van der Waals surface area contributed by atoms with Crippen LogP contribution in [0.15, 0.2) is 36.4 Å². The van der Waals surface area contributed by atoms with Gasteiger partial charge in [-0.3, -0.25) is 0 Å². The molecule has 66 valence electrons. The number of hydrogen-bond acceptors (Lipinski definition) is 0.